The van der Waals surface area contributed by atoms with Gasteiger partial charge < -0.3 is 9.88 Å². The lowest BCUT2D eigenvalue weighted by atomic mass is 9.94. The Labute approximate surface area is 120 Å². The first kappa shape index (κ1) is 13.6. The molecule has 0 aromatic carbocycles. The van der Waals surface area contributed by atoms with Gasteiger partial charge in [0, 0.05) is 18.7 Å². The first-order chi connectivity index (χ1) is 9.75. The molecule has 1 aliphatic heterocycles. The van der Waals surface area contributed by atoms with Crippen LogP contribution in [0.25, 0.3) is 11.0 Å². The largest absolute Gasteiger partial charge is 0.325 e. The second-order valence-electron chi connectivity index (χ2n) is 6.11. The van der Waals surface area contributed by atoms with Crippen LogP contribution in [0.3, 0.4) is 0 Å². The maximum atomic E-state index is 4.80. The van der Waals surface area contributed by atoms with Gasteiger partial charge in [-0.05, 0) is 58.2 Å². The van der Waals surface area contributed by atoms with Crippen molar-refractivity contribution >= 4 is 11.0 Å². The van der Waals surface area contributed by atoms with Crippen LogP contribution in [0, 0.1) is 5.92 Å². The number of piperidine rings is 1. The number of hydrogen-bond acceptors (Lipinski definition) is 3. The number of nitrogens with zero attached hydrogens (tertiary/aromatic N) is 3. The Morgan fingerprint density at radius 1 is 1.45 bits per heavy atom. The number of hydrogen-bond donors (Lipinski definition) is 1. The van der Waals surface area contributed by atoms with E-state index in [-0.39, 0.29) is 0 Å². The van der Waals surface area contributed by atoms with Gasteiger partial charge in [0.1, 0.15) is 11.3 Å². The van der Waals surface area contributed by atoms with Gasteiger partial charge in [-0.25, -0.2) is 4.98 Å². The van der Waals surface area contributed by atoms with E-state index in [9.17, 15) is 0 Å². The molecule has 0 saturated carbocycles. The molecule has 20 heavy (non-hydrogen) atoms. The molecule has 3 heterocycles. The average molecular weight is 272 g/mol. The van der Waals surface area contributed by atoms with Crippen molar-refractivity contribution in [1.29, 1.82) is 0 Å². The van der Waals surface area contributed by atoms with Crippen molar-refractivity contribution in [2.24, 2.45) is 5.92 Å². The van der Waals surface area contributed by atoms with Crippen molar-refractivity contribution in [2.45, 2.75) is 45.6 Å². The van der Waals surface area contributed by atoms with Crippen molar-refractivity contribution in [2.75, 3.05) is 13.1 Å². The third kappa shape index (κ3) is 2.70. The zero-order valence-corrected chi connectivity index (χ0v) is 12.5. The van der Waals surface area contributed by atoms with Gasteiger partial charge in [-0.3, -0.25) is 4.98 Å². The number of aryl methyl sites for hydroxylation is 1. The Bertz CT molecular complexity index is 567. The minimum atomic E-state index is 0.446. The third-order valence-electron chi connectivity index (χ3n) is 4.26. The fraction of sp³-hybridized carbons (Fsp3) is 0.625. The van der Waals surface area contributed by atoms with Crippen molar-refractivity contribution in [3.63, 3.8) is 0 Å². The summed E-state index contributed by atoms with van der Waals surface area (Å²) in [6.45, 7) is 6.82. The molecular formula is C16H24N4. The first-order valence-corrected chi connectivity index (χ1v) is 7.77. The molecule has 1 atom stereocenters. The summed E-state index contributed by atoms with van der Waals surface area (Å²) in [5.74, 6) is 2.02. The molecule has 4 nitrogen and oxygen atoms in total. The summed E-state index contributed by atoms with van der Waals surface area (Å²) >= 11 is 0. The van der Waals surface area contributed by atoms with Gasteiger partial charge in [-0.2, -0.15) is 0 Å². The number of rotatable bonds is 4. The van der Waals surface area contributed by atoms with Gasteiger partial charge in [0.05, 0.1) is 11.7 Å². The number of fused-ring (bicyclic) bond motifs is 1. The van der Waals surface area contributed by atoms with Crippen molar-refractivity contribution in [1.82, 2.24) is 19.9 Å². The zero-order valence-electron chi connectivity index (χ0n) is 12.5. The summed E-state index contributed by atoms with van der Waals surface area (Å²) in [7, 11) is 0. The van der Waals surface area contributed by atoms with E-state index in [4.69, 9.17) is 4.98 Å². The first-order valence-electron chi connectivity index (χ1n) is 7.77. The lowest BCUT2D eigenvalue weighted by Gasteiger charge is -2.22. The summed E-state index contributed by atoms with van der Waals surface area (Å²) in [6.07, 6.45) is 8.71. The Morgan fingerprint density at radius 2 is 2.35 bits per heavy atom. The van der Waals surface area contributed by atoms with E-state index in [1.54, 1.807) is 0 Å². The van der Waals surface area contributed by atoms with Crippen LogP contribution in [0.4, 0.5) is 0 Å². The van der Waals surface area contributed by atoms with Gasteiger partial charge in [-0.1, -0.05) is 0 Å². The molecular weight excluding hydrogens is 248 g/mol. The summed E-state index contributed by atoms with van der Waals surface area (Å²) in [5.41, 5.74) is 2.24. The van der Waals surface area contributed by atoms with E-state index in [0.29, 0.717) is 6.04 Å². The molecule has 1 saturated heterocycles. The SMILES string of the molecule is CC(C)n1c(CCC2CCCNC2)nc2cnccc21. The molecule has 0 aliphatic carbocycles. The summed E-state index contributed by atoms with van der Waals surface area (Å²) in [5, 5.41) is 3.50. The van der Waals surface area contributed by atoms with Crippen LogP contribution in [-0.2, 0) is 6.42 Å². The highest BCUT2D eigenvalue weighted by molar-refractivity contribution is 5.74. The number of nitrogens with one attached hydrogen (secondary N) is 1. The van der Waals surface area contributed by atoms with Crippen LogP contribution >= 0.6 is 0 Å². The van der Waals surface area contributed by atoms with Crippen LogP contribution in [0.15, 0.2) is 18.5 Å². The molecule has 2 aromatic heterocycles. The average Bonchev–Trinajstić information content (AvgIpc) is 2.84. The van der Waals surface area contributed by atoms with Gasteiger partial charge in [0.25, 0.3) is 0 Å². The second-order valence-corrected chi connectivity index (χ2v) is 6.11. The molecule has 4 heteroatoms. The maximum absolute atomic E-state index is 4.80. The van der Waals surface area contributed by atoms with E-state index in [1.165, 1.54) is 43.7 Å². The van der Waals surface area contributed by atoms with Crippen LogP contribution in [0.1, 0.15) is 45.0 Å². The molecule has 3 rings (SSSR count). The van der Waals surface area contributed by atoms with Crippen LogP contribution in [0.5, 0.6) is 0 Å². The van der Waals surface area contributed by atoms with Crippen molar-refractivity contribution < 1.29 is 0 Å². The zero-order chi connectivity index (χ0) is 13.9. The van der Waals surface area contributed by atoms with Gasteiger partial charge in [0.2, 0.25) is 0 Å². The maximum Gasteiger partial charge on any atom is 0.110 e. The molecule has 0 amide bonds. The second kappa shape index (κ2) is 5.92. The molecule has 0 radical (unpaired) electrons. The third-order valence-corrected chi connectivity index (χ3v) is 4.26. The standard InChI is InChI=1S/C16H24N4/c1-12(2)20-15-7-9-18-11-14(15)19-16(20)6-5-13-4-3-8-17-10-13/h7,9,11-13,17H,3-6,8,10H2,1-2H3. The van der Waals surface area contributed by atoms with Crippen LogP contribution in [-0.4, -0.2) is 27.6 Å². The van der Waals surface area contributed by atoms with E-state index < -0.39 is 0 Å². The monoisotopic (exact) mass is 272 g/mol. The fourth-order valence-electron chi connectivity index (χ4n) is 3.26. The molecule has 108 valence electrons. The highest BCUT2D eigenvalue weighted by Crippen LogP contribution is 2.23. The molecule has 1 N–H and O–H groups in total. The van der Waals surface area contributed by atoms with E-state index in [0.717, 1.165) is 17.9 Å². The molecule has 1 aliphatic rings. The van der Waals surface area contributed by atoms with Gasteiger partial charge in [-0.15, -0.1) is 0 Å². The molecule has 1 fully saturated rings. The van der Waals surface area contributed by atoms with Crippen molar-refractivity contribution in [3.8, 4) is 0 Å². The van der Waals surface area contributed by atoms with Crippen LogP contribution < -0.4 is 5.32 Å². The van der Waals surface area contributed by atoms with Crippen LogP contribution in [0.2, 0.25) is 0 Å². The predicted molar refractivity (Wildman–Crippen MR) is 81.8 cm³/mol. The summed E-state index contributed by atoms with van der Waals surface area (Å²) in [4.78, 5) is 8.99. The smallest absolute Gasteiger partial charge is 0.110 e. The van der Waals surface area contributed by atoms with Crippen molar-refractivity contribution in [3.05, 3.63) is 24.3 Å². The number of pyridine rings is 1. The minimum Gasteiger partial charge on any atom is -0.325 e. The Hall–Kier alpha value is -1.42. The van der Waals surface area contributed by atoms with Gasteiger partial charge >= 0.3 is 0 Å². The Balaban J connectivity index is 1.81. The highest BCUT2D eigenvalue weighted by Gasteiger charge is 2.17. The fourth-order valence-corrected chi connectivity index (χ4v) is 3.26. The predicted octanol–water partition coefficient (Wildman–Crippen LogP) is 2.94. The molecule has 0 spiro atoms. The topological polar surface area (TPSA) is 42.7 Å². The number of imidazole rings is 1. The molecule has 0 bridgehead atoms. The van der Waals surface area contributed by atoms with E-state index in [2.05, 4.69) is 34.8 Å². The van der Waals surface area contributed by atoms with Gasteiger partial charge in [0.15, 0.2) is 0 Å². The molecule has 2 aromatic rings. The van der Waals surface area contributed by atoms with E-state index in [1.807, 2.05) is 12.4 Å². The Kier molecular flexibility index (Phi) is 4.01. The van der Waals surface area contributed by atoms with E-state index >= 15 is 0 Å². The minimum absolute atomic E-state index is 0.446. The highest BCUT2D eigenvalue weighted by atomic mass is 15.1. The number of aromatic nitrogens is 3. The molecule has 1 unspecified atom stereocenters. The lowest BCUT2D eigenvalue weighted by molar-refractivity contribution is 0.354. The Morgan fingerprint density at radius 3 is 3.10 bits per heavy atom. The summed E-state index contributed by atoms with van der Waals surface area (Å²) < 4.78 is 2.37. The normalized spacial score (nSPS) is 19.9. The lowest BCUT2D eigenvalue weighted by Crippen LogP contribution is -2.30. The quantitative estimate of drug-likeness (QED) is 0.930. The summed E-state index contributed by atoms with van der Waals surface area (Å²) in [6, 6.07) is 2.52.